The van der Waals surface area contributed by atoms with Gasteiger partial charge in [0.2, 0.25) is 5.91 Å². The van der Waals surface area contributed by atoms with Gasteiger partial charge in [-0.25, -0.2) is 4.68 Å². The summed E-state index contributed by atoms with van der Waals surface area (Å²) in [5.41, 5.74) is 9.63. The minimum Gasteiger partial charge on any atom is -0.381 e. The van der Waals surface area contributed by atoms with Crippen molar-refractivity contribution in [3.63, 3.8) is 0 Å². The summed E-state index contributed by atoms with van der Waals surface area (Å²) in [7, 11) is 0. The lowest BCUT2D eigenvalue weighted by atomic mass is 9.91. The van der Waals surface area contributed by atoms with Crippen molar-refractivity contribution < 1.29 is 9.53 Å². The SMILES string of the molecule is Cl.NC(C(=O)N1CCc2c(cnn2-c2ccccc2)C1)C1CCOCC1. The number of nitrogens with two attached hydrogens (primary N) is 1. The molecule has 1 aromatic heterocycles. The van der Waals surface area contributed by atoms with Gasteiger partial charge in [-0.2, -0.15) is 5.10 Å². The number of hydrogen-bond donors (Lipinski definition) is 1. The number of hydrogen-bond acceptors (Lipinski definition) is 4. The molecule has 1 saturated heterocycles. The van der Waals surface area contributed by atoms with Gasteiger partial charge in [0, 0.05) is 38.3 Å². The summed E-state index contributed by atoms with van der Waals surface area (Å²) in [5.74, 6) is 0.291. The highest BCUT2D eigenvalue weighted by Gasteiger charge is 2.32. The summed E-state index contributed by atoms with van der Waals surface area (Å²) in [6.45, 7) is 2.71. The van der Waals surface area contributed by atoms with E-state index < -0.39 is 6.04 Å². The molecule has 2 aliphatic heterocycles. The number of rotatable bonds is 3. The number of ether oxygens (including phenoxy) is 1. The van der Waals surface area contributed by atoms with E-state index in [0.717, 1.165) is 30.5 Å². The average Bonchev–Trinajstić information content (AvgIpc) is 3.11. The lowest BCUT2D eigenvalue weighted by Gasteiger charge is -2.33. The molecule has 0 radical (unpaired) electrons. The standard InChI is InChI=1S/C19H24N4O2.ClH/c20-18(14-7-10-25-11-8-14)19(24)22-9-6-17-15(13-22)12-21-23(17)16-4-2-1-3-5-16;/h1-5,12,14,18H,6-11,13,20H2;1H. The third-order valence-electron chi connectivity index (χ3n) is 5.31. The molecule has 1 aromatic carbocycles. The maximum Gasteiger partial charge on any atom is 0.240 e. The Morgan fingerprint density at radius 3 is 2.69 bits per heavy atom. The van der Waals surface area contributed by atoms with Crippen molar-refractivity contribution >= 4 is 18.3 Å². The highest BCUT2D eigenvalue weighted by atomic mass is 35.5. The first-order valence-corrected chi connectivity index (χ1v) is 8.97. The summed E-state index contributed by atoms with van der Waals surface area (Å²) >= 11 is 0. The second-order valence-corrected chi connectivity index (χ2v) is 6.85. The van der Waals surface area contributed by atoms with Crippen LogP contribution >= 0.6 is 12.4 Å². The number of amides is 1. The van der Waals surface area contributed by atoms with Crippen LogP contribution in [0.25, 0.3) is 5.69 Å². The summed E-state index contributed by atoms with van der Waals surface area (Å²) in [6.07, 6.45) is 4.42. The van der Waals surface area contributed by atoms with Gasteiger partial charge < -0.3 is 15.4 Å². The molecule has 1 unspecified atom stereocenters. The fourth-order valence-electron chi connectivity index (χ4n) is 3.80. The van der Waals surface area contributed by atoms with Crippen LogP contribution in [0, 0.1) is 5.92 Å². The second kappa shape index (κ2) is 8.20. The third-order valence-corrected chi connectivity index (χ3v) is 5.31. The molecule has 140 valence electrons. The van der Waals surface area contributed by atoms with Crippen LogP contribution in [0.5, 0.6) is 0 Å². The van der Waals surface area contributed by atoms with E-state index in [1.165, 1.54) is 5.69 Å². The van der Waals surface area contributed by atoms with Gasteiger partial charge in [0.15, 0.2) is 0 Å². The lowest BCUT2D eigenvalue weighted by Crippen LogP contribution is -2.50. The van der Waals surface area contributed by atoms with Gasteiger partial charge in [0.25, 0.3) is 0 Å². The van der Waals surface area contributed by atoms with Gasteiger partial charge >= 0.3 is 0 Å². The molecule has 0 aliphatic carbocycles. The van der Waals surface area contributed by atoms with E-state index in [9.17, 15) is 4.79 Å². The molecule has 2 aliphatic rings. The van der Waals surface area contributed by atoms with Crippen molar-refractivity contribution in [1.29, 1.82) is 0 Å². The fraction of sp³-hybridized carbons (Fsp3) is 0.474. The Bertz CT molecular complexity index is 743. The first-order valence-electron chi connectivity index (χ1n) is 8.97. The second-order valence-electron chi connectivity index (χ2n) is 6.85. The molecular formula is C19H25ClN4O2. The quantitative estimate of drug-likeness (QED) is 0.888. The summed E-state index contributed by atoms with van der Waals surface area (Å²) in [5, 5.41) is 4.53. The van der Waals surface area contributed by atoms with Crippen molar-refractivity contribution in [3.05, 3.63) is 47.8 Å². The van der Waals surface area contributed by atoms with E-state index in [4.69, 9.17) is 10.5 Å². The molecule has 1 amide bonds. The van der Waals surface area contributed by atoms with Crippen LogP contribution in [0.3, 0.4) is 0 Å². The van der Waals surface area contributed by atoms with Crippen molar-refractivity contribution in [3.8, 4) is 5.69 Å². The molecule has 7 heteroatoms. The van der Waals surface area contributed by atoms with E-state index in [1.807, 2.05) is 46.1 Å². The van der Waals surface area contributed by atoms with E-state index in [-0.39, 0.29) is 24.2 Å². The smallest absolute Gasteiger partial charge is 0.240 e. The van der Waals surface area contributed by atoms with E-state index >= 15 is 0 Å². The van der Waals surface area contributed by atoms with Crippen LogP contribution < -0.4 is 5.73 Å². The van der Waals surface area contributed by atoms with E-state index in [2.05, 4.69) is 5.10 Å². The molecule has 2 aromatic rings. The molecule has 1 fully saturated rings. The molecule has 1 atom stereocenters. The van der Waals surface area contributed by atoms with Crippen LogP contribution in [0.2, 0.25) is 0 Å². The molecule has 0 bridgehead atoms. The predicted octanol–water partition coefficient (Wildman–Crippen LogP) is 1.93. The number of fused-ring (bicyclic) bond motifs is 1. The van der Waals surface area contributed by atoms with Crippen LogP contribution in [-0.4, -0.2) is 46.4 Å². The number of halogens is 1. The Labute approximate surface area is 159 Å². The zero-order valence-corrected chi connectivity index (χ0v) is 15.5. The molecule has 2 N–H and O–H groups in total. The van der Waals surface area contributed by atoms with Crippen molar-refractivity contribution in [2.75, 3.05) is 19.8 Å². The van der Waals surface area contributed by atoms with Gasteiger partial charge in [-0.3, -0.25) is 4.79 Å². The number of para-hydroxylation sites is 1. The summed E-state index contributed by atoms with van der Waals surface area (Å²) < 4.78 is 7.36. The Balaban J connectivity index is 0.00000196. The Morgan fingerprint density at radius 1 is 1.23 bits per heavy atom. The zero-order chi connectivity index (χ0) is 17.2. The average molecular weight is 377 g/mol. The molecule has 0 spiro atoms. The van der Waals surface area contributed by atoms with Crippen molar-refractivity contribution in [1.82, 2.24) is 14.7 Å². The number of carbonyl (C=O) groups excluding carboxylic acids is 1. The molecule has 0 saturated carbocycles. The summed E-state index contributed by atoms with van der Waals surface area (Å²) in [4.78, 5) is 14.7. The van der Waals surface area contributed by atoms with E-state index in [1.54, 1.807) is 0 Å². The first-order chi connectivity index (χ1) is 12.2. The van der Waals surface area contributed by atoms with Crippen molar-refractivity contribution in [2.45, 2.75) is 31.8 Å². The highest BCUT2D eigenvalue weighted by Crippen LogP contribution is 2.24. The molecule has 26 heavy (non-hydrogen) atoms. The third kappa shape index (κ3) is 3.63. The molecule has 6 nitrogen and oxygen atoms in total. The minimum atomic E-state index is -0.422. The molecule has 4 rings (SSSR count). The molecule has 3 heterocycles. The van der Waals surface area contributed by atoms with Gasteiger partial charge in [0.05, 0.1) is 23.6 Å². The topological polar surface area (TPSA) is 73.4 Å². The Hall–Kier alpha value is -1.89. The Kier molecular flexibility index (Phi) is 5.96. The first kappa shape index (κ1) is 18.9. The maximum atomic E-state index is 12.8. The zero-order valence-electron chi connectivity index (χ0n) is 14.7. The van der Waals surface area contributed by atoms with Crippen LogP contribution in [0.15, 0.2) is 36.5 Å². The largest absolute Gasteiger partial charge is 0.381 e. The Morgan fingerprint density at radius 2 is 1.96 bits per heavy atom. The highest BCUT2D eigenvalue weighted by molar-refractivity contribution is 5.85. The number of carbonyl (C=O) groups is 1. The van der Waals surface area contributed by atoms with Crippen LogP contribution in [0.4, 0.5) is 0 Å². The van der Waals surface area contributed by atoms with Crippen molar-refractivity contribution in [2.24, 2.45) is 11.7 Å². The monoisotopic (exact) mass is 376 g/mol. The number of aromatic nitrogens is 2. The predicted molar refractivity (Wildman–Crippen MR) is 101 cm³/mol. The van der Waals surface area contributed by atoms with Crippen LogP contribution in [0.1, 0.15) is 24.1 Å². The van der Waals surface area contributed by atoms with E-state index in [0.29, 0.717) is 26.3 Å². The van der Waals surface area contributed by atoms with Gasteiger partial charge in [0.1, 0.15) is 0 Å². The number of nitrogens with zero attached hydrogens (tertiary/aromatic N) is 3. The maximum absolute atomic E-state index is 12.8. The summed E-state index contributed by atoms with van der Waals surface area (Å²) in [6, 6.07) is 9.69. The van der Waals surface area contributed by atoms with Gasteiger partial charge in [-0.15, -0.1) is 12.4 Å². The minimum absolute atomic E-state index is 0. The van der Waals surface area contributed by atoms with Gasteiger partial charge in [-0.05, 0) is 30.9 Å². The lowest BCUT2D eigenvalue weighted by molar-refractivity contribution is -0.135. The fourth-order valence-corrected chi connectivity index (χ4v) is 3.80. The van der Waals surface area contributed by atoms with Crippen LogP contribution in [-0.2, 0) is 22.5 Å². The number of benzene rings is 1. The molecular weight excluding hydrogens is 352 g/mol. The normalized spacial score (nSPS) is 18.7. The van der Waals surface area contributed by atoms with Gasteiger partial charge in [-0.1, -0.05) is 18.2 Å².